The molecule has 3 heterocycles. The van der Waals surface area contributed by atoms with Crippen LogP contribution in [0.3, 0.4) is 0 Å². The van der Waals surface area contributed by atoms with Crippen molar-refractivity contribution in [1.29, 1.82) is 0 Å². The van der Waals surface area contributed by atoms with Gasteiger partial charge < -0.3 is 20.8 Å². The molecule has 0 aliphatic carbocycles. The van der Waals surface area contributed by atoms with Crippen LogP contribution in [0.5, 0.6) is 0 Å². The molecule has 1 aromatic carbocycles. The Hall–Kier alpha value is -3.43. The molecule has 16 heteroatoms. The van der Waals surface area contributed by atoms with E-state index < -0.39 is 65.0 Å². The third kappa shape index (κ3) is 3.11. The molecule has 10 nitrogen and oxygen atoms in total. The number of aliphatic imine (C=N–C) groups is 1. The monoisotopic (exact) mass is 497 g/mol. The highest BCUT2D eigenvalue weighted by Gasteiger charge is 2.77. The topological polar surface area (TPSA) is 149 Å². The van der Waals surface area contributed by atoms with Crippen LogP contribution < -0.4 is 16.8 Å². The summed E-state index contributed by atoms with van der Waals surface area (Å²) in [4.78, 5) is 17.9. The number of esters is 1. The number of hydrogen-bond donors (Lipinski definition) is 5. The van der Waals surface area contributed by atoms with E-state index in [9.17, 15) is 41.5 Å². The summed E-state index contributed by atoms with van der Waals surface area (Å²) in [5.74, 6) is -2.26. The Morgan fingerprint density at radius 1 is 1.26 bits per heavy atom. The number of hydrogen-bond acceptors (Lipinski definition) is 9. The van der Waals surface area contributed by atoms with E-state index in [4.69, 9.17) is 16.2 Å². The maximum absolute atomic E-state index is 13.4. The molecule has 0 aromatic heterocycles. The average molecular weight is 497 g/mol. The minimum Gasteiger partial charge on any atom is -0.454 e. The average Bonchev–Trinajstić information content (AvgIpc) is 3.12. The Bertz CT molecular complexity index is 1120. The summed E-state index contributed by atoms with van der Waals surface area (Å²) < 4.78 is 85.1. The summed E-state index contributed by atoms with van der Waals surface area (Å²) in [6.45, 7) is 0.580. The molecule has 7 N–H and O–H groups in total. The fraction of sp³-hybridized carbons (Fsp3) is 0.500. The van der Waals surface area contributed by atoms with Crippen molar-refractivity contribution in [3.8, 4) is 0 Å². The van der Waals surface area contributed by atoms with E-state index in [0.29, 0.717) is 4.74 Å². The second-order valence-corrected chi connectivity index (χ2v) is 8.23. The third-order valence-corrected chi connectivity index (χ3v) is 6.32. The van der Waals surface area contributed by atoms with Gasteiger partial charge >= 0.3 is 24.3 Å². The standard InChI is InChI=1S/C18H18F6N6O4/c1-15(32)11(6-29-13(25)27-5-10-16(15,29)30(33)14(26)28-10)34-12(31)8-4-7(17(19,20)21)2-3-9(8)18(22,23)24/h2-4,10-11,32-33H,5-6H2,1H3,(H4,25,26,27,28)/p+1/t10?,11-,15-,16?/m0/s1. The van der Waals surface area contributed by atoms with E-state index in [-0.39, 0.29) is 36.7 Å². The maximum Gasteiger partial charge on any atom is 0.417 e. The first-order valence-electron chi connectivity index (χ1n) is 9.70. The molecule has 3 aliphatic heterocycles. The molecule has 1 spiro atoms. The predicted octanol–water partition coefficient (Wildman–Crippen LogP) is 0.0290. The van der Waals surface area contributed by atoms with Crippen LogP contribution in [0.15, 0.2) is 23.2 Å². The van der Waals surface area contributed by atoms with Crippen molar-refractivity contribution in [1.82, 2.24) is 10.2 Å². The summed E-state index contributed by atoms with van der Waals surface area (Å²) in [6, 6.07) is -0.539. The quantitative estimate of drug-likeness (QED) is 0.166. The number of benzene rings is 1. The number of aliphatic hydroxyl groups is 1. The van der Waals surface area contributed by atoms with Crippen LogP contribution >= 0.6 is 0 Å². The molecule has 0 radical (unpaired) electrons. The Balaban J connectivity index is 1.75. The molecule has 1 saturated heterocycles. The van der Waals surface area contributed by atoms with Gasteiger partial charge in [0.2, 0.25) is 0 Å². The van der Waals surface area contributed by atoms with Crippen LogP contribution in [0.4, 0.5) is 26.3 Å². The van der Waals surface area contributed by atoms with Crippen molar-refractivity contribution in [2.45, 2.75) is 42.7 Å². The molecule has 0 bridgehead atoms. The number of alkyl halides is 6. The van der Waals surface area contributed by atoms with Crippen molar-refractivity contribution >= 4 is 17.9 Å². The van der Waals surface area contributed by atoms with E-state index in [1.165, 1.54) is 0 Å². The Labute approximate surface area is 187 Å². The van der Waals surface area contributed by atoms with E-state index in [1.807, 2.05) is 0 Å². The number of carbonyl (C=O) groups excluding carboxylic acids is 1. The lowest BCUT2D eigenvalue weighted by atomic mass is 9.82. The molecule has 34 heavy (non-hydrogen) atoms. The van der Waals surface area contributed by atoms with E-state index in [1.54, 1.807) is 0 Å². The number of nitrogens with zero attached hydrogens (tertiary/aromatic N) is 3. The minimum absolute atomic E-state index is 0.0281. The van der Waals surface area contributed by atoms with Crippen LogP contribution in [0.1, 0.15) is 28.4 Å². The normalized spacial score (nSPS) is 31.1. The first kappa shape index (κ1) is 23.7. The van der Waals surface area contributed by atoms with Gasteiger partial charge in [-0.2, -0.15) is 26.3 Å². The molecule has 1 aromatic rings. The molecular weight excluding hydrogens is 478 g/mol. The molecule has 0 amide bonds. The minimum atomic E-state index is -5.17. The SMILES string of the molecule is C[C@]1(O)[C@@H](OC(=O)c2cc(C(F)(F)F)ccc2C(F)(F)F)CN2C(N)=NCC3NC(N)=[N+](O)C321. The first-order chi connectivity index (χ1) is 15.5. The van der Waals surface area contributed by atoms with Gasteiger partial charge in [0.1, 0.15) is 0 Å². The zero-order valence-corrected chi connectivity index (χ0v) is 17.3. The molecule has 3 aliphatic rings. The van der Waals surface area contributed by atoms with Gasteiger partial charge in [0.25, 0.3) is 5.66 Å². The van der Waals surface area contributed by atoms with Crippen molar-refractivity contribution in [3.63, 3.8) is 0 Å². The van der Waals surface area contributed by atoms with Crippen molar-refractivity contribution in [3.05, 3.63) is 34.9 Å². The highest BCUT2D eigenvalue weighted by Crippen LogP contribution is 2.46. The fourth-order valence-corrected chi connectivity index (χ4v) is 4.73. The zero-order valence-electron chi connectivity index (χ0n) is 17.3. The van der Waals surface area contributed by atoms with Gasteiger partial charge in [0, 0.05) is 0 Å². The van der Waals surface area contributed by atoms with Crippen molar-refractivity contribution in [2.24, 2.45) is 16.5 Å². The lowest BCUT2D eigenvalue weighted by Crippen LogP contribution is -2.74. The summed E-state index contributed by atoms with van der Waals surface area (Å²) in [5, 5.41) is 24.7. The number of carbonyl (C=O) groups is 1. The fourth-order valence-electron chi connectivity index (χ4n) is 4.73. The van der Waals surface area contributed by atoms with Crippen LogP contribution in [-0.2, 0) is 17.1 Å². The van der Waals surface area contributed by atoms with Crippen LogP contribution in [-0.4, -0.2) is 74.3 Å². The largest absolute Gasteiger partial charge is 0.454 e. The Morgan fingerprint density at radius 2 is 1.91 bits per heavy atom. The number of nitrogens with two attached hydrogens (primary N) is 2. The number of guanidine groups is 2. The molecule has 1 fully saturated rings. The lowest BCUT2D eigenvalue weighted by Gasteiger charge is -2.44. The zero-order chi connectivity index (χ0) is 25.4. The van der Waals surface area contributed by atoms with Crippen LogP contribution in [0, 0.1) is 0 Å². The highest BCUT2D eigenvalue weighted by atomic mass is 19.4. The number of rotatable bonds is 2. The lowest BCUT2D eigenvalue weighted by molar-refractivity contribution is -0.843. The van der Waals surface area contributed by atoms with Gasteiger partial charge in [-0.3, -0.25) is 16.0 Å². The molecule has 4 rings (SSSR count). The molecule has 186 valence electrons. The highest BCUT2D eigenvalue weighted by molar-refractivity contribution is 5.92. The van der Waals surface area contributed by atoms with Gasteiger partial charge in [0.15, 0.2) is 23.7 Å². The summed E-state index contributed by atoms with van der Waals surface area (Å²) in [6.07, 6.45) is -11.9. The van der Waals surface area contributed by atoms with Crippen molar-refractivity contribution in [2.75, 3.05) is 13.1 Å². The van der Waals surface area contributed by atoms with Crippen LogP contribution in [0.25, 0.3) is 0 Å². The molecular formula is C18H19F6N6O4+. The third-order valence-electron chi connectivity index (χ3n) is 6.32. The first-order valence-corrected chi connectivity index (χ1v) is 9.70. The summed E-state index contributed by atoms with van der Waals surface area (Å²) >= 11 is 0. The van der Waals surface area contributed by atoms with Gasteiger partial charge in [-0.05, 0) is 25.1 Å². The molecule has 4 atom stereocenters. The number of nitrogens with one attached hydrogen (secondary N) is 1. The smallest absolute Gasteiger partial charge is 0.417 e. The maximum atomic E-state index is 13.4. The van der Waals surface area contributed by atoms with Gasteiger partial charge in [0.05, 0.1) is 29.8 Å². The Kier molecular flexibility index (Phi) is 4.91. The van der Waals surface area contributed by atoms with Gasteiger partial charge in [-0.15, -0.1) is 0 Å². The summed E-state index contributed by atoms with van der Waals surface area (Å²) in [5.41, 5.74) is 2.97. The van der Waals surface area contributed by atoms with Gasteiger partial charge in [-0.1, -0.05) is 4.74 Å². The second kappa shape index (κ2) is 7.04. The van der Waals surface area contributed by atoms with Gasteiger partial charge in [-0.25, -0.2) is 9.79 Å². The molecule has 2 unspecified atom stereocenters. The molecule has 0 saturated carbocycles. The van der Waals surface area contributed by atoms with E-state index in [2.05, 4.69) is 10.3 Å². The van der Waals surface area contributed by atoms with E-state index >= 15 is 0 Å². The number of halogens is 6. The predicted molar refractivity (Wildman–Crippen MR) is 100 cm³/mol. The van der Waals surface area contributed by atoms with Crippen LogP contribution in [0.2, 0.25) is 0 Å². The van der Waals surface area contributed by atoms with E-state index in [0.717, 1.165) is 11.8 Å². The summed E-state index contributed by atoms with van der Waals surface area (Å²) in [7, 11) is 0. The Morgan fingerprint density at radius 3 is 2.50 bits per heavy atom. The van der Waals surface area contributed by atoms with Crippen molar-refractivity contribution < 1.29 is 50.9 Å². The number of ether oxygens (including phenoxy) is 1. The second-order valence-electron chi connectivity index (χ2n) is 8.23. The number of hydroxylamine groups is 1.